The van der Waals surface area contributed by atoms with Crippen LogP contribution in [0.5, 0.6) is 5.75 Å². The highest BCUT2D eigenvalue weighted by Gasteiger charge is 2.31. The number of benzene rings is 1. The van der Waals surface area contributed by atoms with E-state index in [-0.39, 0.29) is 5.75 Å². The van der Waals surface area contributed by atoms with Crippen molar-refractivity contribution in [1.29, 1.82) is 0 Å². The van der Waals surface area contributed by atoms with Crippen LogP contribution in [0.1, 0.15) is 12.0 Å². The van der Waals surface area contributed by atoms with Crippen LogP contribution in [0.3, 0.4) is 0 Å². The Hall–Kier alpha value is -1.20. The van der Waals surface area contributed by atoms with E-state index < -0.39 is 12.2 Å². The lowest BCUT2D eigenvalue weighted by molar-refractivity contribution is -0.0499. The summed E-state index contributed by atoms with van der Waals surface area (Å²) >= 11 is 0. The zero-order chi connectivity index (χ0) is 12.3. The monoisotopic (exact) mass is 243 g/mol. The summed E-state index contributed by atoms with van der Waals surface area (Å²) in [7, 11) is 0. The van der Waals surface area contributed by atoms with E-state index >= 15 is 0 Å². The van der Waals surface area contributed by atoms with Gasteiger partial charge in [0.05, 0.1) is 5.60 Å². The molecule has 94 valence electrons. The minimum absolute atomic E-state index is 0.132. The molecule has 17 heavy (non-hydrogen) atoms. The van der Waals surface area contributed by atoms with E-state index in [4.69, 9.17) is 0 Å². The molecule has 5 heteroatoms. The standard InChI is InChI=1S/C12H15F2NO2/c13-11(14)17-10-3-1-2-9(6-10)7-12(16)4-5-15-8-12/h1-3,6,11,15-16H,4-5,7-8H2. The minimum atomic E-state index is -2.82. The van der Waals surface area contributed by atoms with Gasteiger partial charge in [-0.1, -0.05) is 12.1 Å². The molecule has 0 amide bonds. The Kier molecular flexibility index (Phi) is 3.59. The highest BCUT2D eigenvalue weighted by molar-refractivity contribution is 5.29. The lowest BCUT2D eigenvalue weighted by Gasteiger charge is -2.21. The molecule has 0 bridgehead atoms. The molecular formula is C12H15F2NO2. The molecule has 1 aliphatic heterocycles. The van der Waals surface area contributed by atoms with Crippen LogP contribution < -0.4 is 10.1 Å². The maximum atomic E-state index is 12.1. The maximum absolute atomic E-state index is 12.1. The topological polar surface area (TPSA) is 41.5 Å². The van der Waals surface area contributed by atoms with Crippen molar-refractivity contribution in [3.05, 3.63) is 29.8 Å². The van der Waals surface area contributed by atoms with Crippen molar-refractivity contribution in [3.8, 4) is 5.75 Å². The Morgan fingerprint density at radius 2 is 2.29 bits per heavy atom. The number of hydrogen-bond donors (Lipinski definition) is 2. The maximum Gasteiger partial charge on any atom is 0.387 e. The zero-order valence-corrected chi connectivity index (χ0v) is 9.33. The van der Waals surface area contributed by atoms with Gasteiger partial charge in [0.1, 0.15) is 5.75 Å². The molecule has 1 heterocycles. The van der Waals surface area contributed by atoms with Gasteiger partial charge >= 0.3 is 6.61 Å². The Morgan fingerprint density at radius 1 is 1.47 bits per heavy atom. The summed E-state index contributed by atoms with van der Waals surface area (Å²) in [6, 6.07) is 6.47. The van der Waals surface area contributed by atoms with Crippen LogP contribution in [0.4, 0.5) is 8.78 Å². The average molecular weight is 243 g/mol. The molecule has 2 N–H and O–H groups in total. The highest BCUT2D eigenvalue weighted by Crippen LogP contribution is 2.23. The van der Waals surface area contributed by atoms with Crippen molar-refractivity contribution in [3.63, 3.8) is 0 Å². The number of rotatable bonds is 4. The van der Waals surface area contributed by atoms with Crippen LogP contribution in [0.15, 0.2) is 24.3 Å². The third-order valence-electron chi connectivity index (χ3n) is 2.88. The lowest BCUT2D eigenvalue weighted by atomic mass is 9.94. The van der Waals surface area contributed by atoms with Crippen LogP contribution >= 0.6 is 0 Å². The lowest BCUT2D eigenvalue weighted by Crippen LogP contribution is -2.33. The summed E-state index contributed by atoms with van der Waals surface area (Å²) in [6.07, 6.45) is 1.12. The molecule has 1 aliphatic rings. The third-order valence-corrected chi connectivity index (χ3v) is 2.88. The van der Waals surface area contributed by atoms with Gasteiger partial charge in [0, 0.05) is 13.0 Å². The largest absolute Gasteiger partial charge is 0.435 e. The van der Waals surface area contributed by atoms with Crippen LogP contribution in [0.2, 0.25) is 0 Å². The highest BCUT2D eigenvalue weighted by atomic mass is 19.3. The fourth-order valence-corrected chi connectivity index (χ4v) is 2.09. The first-order valence-corrected chi connectivity index (χ1v) is 5.54. The van der Waals surface area contributed by atoms with E-state index in [0.29, 0.717) is 19.4 Å². The van der Waals surface area contributed by atoms with Crippen molar-refractivity contribution in [2.24, 2.45) is 0 Å². The van der Waals surface area contributed by atoms with Crippen LogP contribution in [0, 0.1) is 0 Å². The van der Waals surface area contributed by atoms with Gasteiger partial charge in [-0.05, 0) is 30.7 Å². The molecular weight excluding hydrogens is 228 g/mol. The molecule has 0 aromatic heterocycles. The van der Waals surface area contributed by atoms with Gasteiger partial charge in [-0.25, -0.2) is 0 Å². The summed E-state index contributed by atoms with van der Waals surface area (Å²) in [5, 5.41) is 13.2. The van der Waals surface area contributed by atoms with E-state index in [9.17, 15) is 13.9 Å². The Morgan fingerprint density at radius 3 is 2.94 bits per heavy atom. The van der Waals surface area contributed by atoms with Gasteiger partial charge in [-0.3, -0.25) is 0 Å². The van der Waals surface area contributed by atoms with Gasteiger partial charge in [-0.2, -0.15) is 8.78 Å². The number of ether oxygens (including phenoxy) is 1. The Labute approximate surface area is 98.4 Å². The van der Waals surface area contributed by atoms with E-state index in [1.807, 2.05) is 0 Å². The van der Waals surface area contributed by atoms with Crippen molar-refractivity contribution in [1.82, 2.24) is 5.32 Å². The second kappa shape index (κ2) is 4.98. The Balaban J connectivity index is 2.05. The summed E-state index contributed by atoms with van der Waals surface area (Å²) in [6.45, 7) is -1.50. The number of β-amino-alcohol motifs (C(OH)–C–C–N with tert-alkyl or cyclic N) is 1. The fourth-order valence-electron chi connectivity index (χ4n) is 2.09. The Bertz CT molecular complexity index is 379. The quantitative estimate of drug-likeness (QED) is 0.843. The summed E-state index contributed by atoms with van der Waals surface area (Å²) in [5.41, 5.74) is 0.0260. The first-order chi connectivity index (χ1) is 8.07. The number of nitrogens with one attached hydrogen (secondary N) is 1. The predicted octanol–water partition coefficient (Wildman–Crippen LogP) is 1.55. The smallest absolute Gasteiger partial charge is 0.387 e. The normalized spacial score (nSPS) is 24.2. The van der Waals surface area contributed by atoms with Crippen molar-refractivity contribution < 1.29 is 18.6 Å². The van der Waals surface area contributed by atoms with E-state index in [1.54, 1.807) is 18.2 Å². The zero-order valence-electron chi connectivity index (χ0n) is 9.33. The van der Waals surface area contributed by atoms with E-state index in [1.165, 1.54) is 6.07 Å². The molecule has 1 aromatic rings. The van der Waals surface area contributed by atoms with Crippen molar-refractivity contribution in [2.75, 3.05) is 13.1 Å². The van der Waals surface area contributed by atoms with Gasteiger partial charge in [0.15, 0.2) is 0 Å². The number of aliphatic hydroxyl groups is 1. The van der Waals surface area contributed by atoms with Crippen LogP contribution in [0.25, 0.3) is 0 Å². The second-order valence-corrected chi connectivity index (χ2v) is 4.35. The molecule has 1 aromatic carbocycles. The van der Waals surface area contributed by atoms with Crippen LogP contribution in [-0.2, 0) is 6.42 Å². The number of halogens is 2. The van der Waals surface area contributed by atoms with Crippen molar-refractivity contribution in [2.45, 2.75) is 25.1 Å². The predicted molar refractivity (Wildman–Crippen MR) is 59.2 cm³/mol. The number of alkyl halides is 2. The summed E-state index contributed by atoms with van der Waals surface area (Å²) in [4.78, 5) is 0. The average Bonchev–Trinajstić information content (AvgIpc) is 2.64. The molecule has 0 spiro atoms. The molecule has 1 unspecified atom stereocenters. The molecule has 1 saturated heterocycles. The number of hydrogen-bond acceptors (Lipinski definition) is 3. The third kappa shape index (κ3) is 3.38. The molecule has 1 fully saturated rings. The van der Waals surface area contributed by atoms with Gasteiger partial charge < -0.3 is 15.2 Å². The van der Waals surface area contributed by atoms with Crippen molar-refractivity contribution >= 4 is 0 Å². The van der Waals surface area contributed by atoms with Gasteiger partial charge in [-0.15, -0.1) is 0 Å². The van der Waals surface area contributed by atoms with Gasteiger partial charge in [0.25, 0.3) is 0 Å². The first-order valence-electron chi connectivity index (χ1n) is 5.54. The summed E-state index contributed by atoms with van der Waals surface area (Å²) < 4.78 is 28.4. The molecule has 2 rings (SSSR count). The minimum Gasteiger partial charge on any atom is -0.435 e. The molecule has 0 aliphatic carbocycles. The van der Waals surface area contributed by atoms with E-state index in [2.05, 4.69) is 10.1 Å². The summed E-state index contributed by atoms with van der Waals surface area (Å²) in [5.74, 6) is 0.132. The first kappa shape index (κ1) is 12.3. The molecule has 1 atom stereocenters. The second-order valence-electron chi connectivity index (χ2n) is 4.35. The van der Waals surface area contributed by atoms with Gasteiger partial charge in [0.2, 0.25) is 0 Å². The molecule has 0 saturated carbocycles. The molecule has 0 radical (unpaired) electrons. The van der Waals surface area contributed by atoms with Crippen LogP contribution in [-0.4, -0.2) is 30.4 Å². The van der Waals surface area contributed by atoms with E-state index in [0.717, 1.165) is 12.1 Å². The fraction of sp³-hybridized carbons (Fsp3) is 0.500. The SMILES string of the molecule is OC1(Cc2cccc(OC(F)F)c2)CCNC1. The molecule has 3 nitrogen and oxygen atoms in total.